The Morgan fingerprint density at radius 2 is 1.88 bits per heavy atom. The van der Waals surface area contributed by atoms with Crippen molar-refractivity contribution >= 4 is 9.84 Å². The average Bonchev–Trinajstić information content (AvgIpc) is 2.47. The lowest BCUT2D eigenvalue weighted by atomic mass is 9.80. The Hall–Kier alpha value is -1.35. The monoisotopic (exact) mass is 365 g/mol. The van der Waals surface area contributed by atoms with Crippen LogP contribution in [-0.4, -0.2) is 36.1 Å². The zero-order valence-electron chi connectivity index (χ0n) is 13.0. The molecule has 2 bridgehead atoms. The Kier molecular flexibility index (Phi) is 4.07. The molecule has 1 aromatic rings. The van der Waals surface area contributed by atoms with Crippen molar-refractivity contribution in [1.29, 1.82) is 0 Å². The van der Waals surface area contributed by atoms with Crippen LogP contribution in [0.1, 0.15) is 43.2 Å². The lowest BCUT2D eigenvalue weighted by Gasteiger charge is -2.44. The molecule has 2 fully saturated rings. The first-order valence-corrected chi connectivity index (χ1v) is 9.26. The van der Waals surface area contributed by atoms with E-state index in [1.54, 1.807) is 0 Å². The summed E-state index contributed by atoms with van der Waals surface area (Å²) in [4.78, 5) is 3.66. The third kappa shape index (κ3) is 2.77. The summed E-state index contributed by atoms with van der Waals surface area (Å²) in [7, 11) is -2.09. The highest BCUT2D eigenvalue weighted by atomic mass is 32.2. The highest BCUT2D eigenvalue weighted by Gasteiger charge is 2.52. The van der Waals surface area contributed by atoms with Crippen LogP contribution in [0.5, 0.6) is 5.88 Å². The predicted molar refractivity (Wildman–Crippen MR) is 79.3 cm³/mol. The highest BCUT2D eigenvalue weighted by Crippen LogP contribution is 2.48. The Morgan fingerprint density at radius 1 is 1.29 bits per heavy atom. The Balaban J connectivity index is 2.08. The summed E-state index contributed by atoms with van der Waals surface area (Å²) in [5, 5.41) is 9.55. The fraction of sp³-hybridized carbons (Fsp3) is 0.667. The zero-order chi connectivity index (χ0) is 17.8. The first kappa shape index (κ1) is 17.5. The fourth-order valence-electron chi connectivity index (χ4n) is 3.77. The number of methoxy groups -OCH3 is 1. The van der Waals surface area contributed by atoms with Gasteiger partial charge in [-0.25, -0.2) is 13.4 Å². The second kappa shape index (κ2) is 5.59. The summed E-state index contributed by atoms with van der Waals surface area (Å²) in [5.41, 5.74) is -2.78. The second-order valence-electron chi connectivity index (χ2n) is 6.48. The van der Waals surface area contributed by atoms with Gasteiger partial charge in [0.2, 0.25) is 5.88 Å². The third-order valence-electron chi connectivity index (χ3n) is 4.99. The number of rotatable bonds is 2. The lowest BCUT2D eigenvalue weighted by molar-refractivity contribution is -0.138. The van der Waals surface area contributed by atoms with Crippen LogP contribution in [0.25, 0.3) is 0 Å². The number of hydrogen-bond donors (Lipinski definition) is 1. The molecule has 2 aliphatic rings. The van der Waals surface area contributed by atoms with Gasteiger partial charge in [-0.2, -0.15) is 13.2 Å². The van der Waals surface area contributed by atoms with E-state index in [4.69, 9.17) is 4.74 Å². The van der Waals surface area contributed by atoms with Gasteiger partial charge in [0.15, 0.2) is 9.84 Å². The van der Waals surface area contributed by atoms with Gasteiger partial charge in [0, 0.05) is 11.8 Å². The number of sulfone groups is 1. The van der Waals surface area contributed by atoms with Crippen LogP contribution < -0.4 is 4.74 Å². The summed E-state index contributed by atoms with van der Waals surface area (Å²) in [6, 6.07) is 0.819. The molecule has 1 aromatic heterocycles. The standard InChI is InChI=1S/C15H18F3NO4S/c1-23-13-12(5-9(8-19-13)15(16,17)18)14(20)6-10-3-2-4-11(7-14)24(10,21)22/h5,8,10-11,20H,2-4,6-7H2,1H3. The minimum absolute atomic E-state index is 0.0911. The van der Waals surface area contributed by atoms with E-state index in [1.807, 2.05) is 0 Å². The van der Waals surface area contributed by atoms with Crippen molar-refractivity contribution in [3.8, 4) is 5.88 Å². The second-order valence-corrected chi connectivity index (χ2v) is 8.99. The molecule has 3 heterocycles. The number of ether oxygens (including phenoxy) is 1. The van der Waals surface area contributed by atoms with E-state index < -0.39 is 37.7 Å². The molecule has 0 amide bonds. The van der Waals surface area contributed by atoms with Crippen molar-refractivity contribution in [1.82, 2.24) is 4.98 Å². The molecule has 5 nitrogen and oxygen atoms in total. The smallest absolute Gasteiger partial charge is 0.417 e. The van der Waals surface area contributed by atoms with Gasteiger partial charge in [-0.1, -0.05) is 6.42 Å². The van der Waals surface area contributed by atoms with Crippen molar-refractivity contribution < 1.29 is 31.4 Å². The van der Waals surface area contributed by atoms with Gasteiger partial charge in [0.25, 0.3) is 0 Å². The van der Waals surface area contributed by atoms with E-state index >= 15 is 0 Å². The number of nitrogens with zero attached hydrogens (tertiary/aromatic N) is 1. The third-order valence-corrected chi connectivity index (χ3v) is 7.65. The first-order chi connectivity index (χ1) is 11.1. The van der Waals surface area contributed by atoms with Gasteiger partial charge >= 0.3 is 6.18 Å². The molecule has 0 aliphatic carbocycles. The molecule has 0 aromatic carbocycles. The molecule has 134 valence electrons. The summed E-state index contributed by atoms with van der Waals surface area (Å²) in [6.45, 7) is 0. The molecule has 0 spiro atoms. The van der Waals surface area contributed by atoms with Gasteiger partial charge < -0.3 is 9.84 Å². The molecular weight excluding hydrogens is 347 g/mol. The van der Waals surface area contributed by atoms with Gasteiger partial charge in [0.05, 0.1) is 28.8 Å². The van der Waals surface area contributed by atoms with Gasteiger partial charge in [-0.3, -0.25) is 0 Å². The van der Waals surface area contributed by atoms with Crippen LogP contribution >= 0.6 is 0 Å². The minimum Gasteiger partial charge on any atom is -0.481 e. The quantitative estimate of drug-likeness (QED) is 0.871. The Bertz CT molecular complexity index is 728. The number of fused-ring (bicyclic) bond motifs is 2. The number of hydrogen-bond acceptors (Lipinski definition) is 5. The topological polar surface area (TPSA) is 76.5 Å². The average molecular weight is 365 g/mol. The van der Waals surface area contributed by atoms with Crippen molar-refractivity contribution in [3.63, 3.8) is 0 Å². The van der Waals surface area contributed by atoms with E-state index in [9.17, 15) is 26.7 Å². The van der Waals surface area contributed by atoms with E-state index in [0.29, 0.717) is 19.0 Å². The molecule has 2 unspecified atom stereocenters. The molecular formula is C15H18F3NO4S. The number of pyridine rings is 1. The minimum atomic E-state index is -4.61. The van der Waals surface area contributed by atoms with Crippen molar-refractivity contribution in [2.24, 2.45) is 0 Å². The van der Waals surface area contributed by atoms with Crippen LogP contribution in [-0.2, 0) is 21.6 Å². The summed E-state index contributed by atoms with van der Waals surface area (Å²) in [6.07, 6.45) is -2.67. The molecule has 2 saturated heterocycles. The predicted octanol–water partition coefficient (Wildman–Crippen LogP) is 2.43. The van der Waals surface area contributed by atoms with E-state index in [2.05, 4.69) is 4.98 Å². The molecule has 0 saturated carbocycles. The maximum absolute atomic E-state index is 13.0. The SMILES string of the molecule is COc1ncc(C(F)(F)F)cc1C1(O)CC2CCCC(C1)S2(=O)=O. The maximum atomic E-state index is 13.0. The van der Waals surface area contributed by atoms with E-state index in [1.165, 1.54) is 7.11 Å². The van der Waals surface area contributed by atoms with Crippen molar-refractivity contribution in [2.75, 3.05) is 7.11 Å². The van der Waals surface area contributed by atoms with Crippen LogP contribution in [0.2, 0.25) is 0 Å². The molecule has 3 rings (SSSR count). The Labute approximate surface area is 137 Å². The Morgan fingerprint density at radius 3 is 2.38 bits per heavy atom. The largest absolute Gasteiger partial charge is 0.481 e. The van der Waals surface area contributed by atoms with Gasteiger partial charge in [-0.15, -0.1) is 0 Å². The van der Waals surface area contributed by atoms with Crippen molar-refractivity contribution in [2.45, 2.75) is 54.4 Å². The zero-order valence-corrected chi connectivity index (χ0v) is 13.8. The number of halogens is 3. The van der Waals surface area contributed by atoms with E-state index in [0.717, 1.165) is 12.5 Å². The van der Waals surface area contributed by atoms with Crippen molar-refractivity contribution in [3.05, 3.63) is 23.4 Å². The molecule has 24 heavy (non-hydrogen) atoms. The summed E-state index contributed by atoms with van der Waals surface area (Å²) < 4.78 is 68.7. The van der Waals surface area contributed by atoms with Gasteiger partial charge in [0.1, 0.15) is 0 Å². The van der Waals surface area contributed by atoms with E-state index in [-0.39, 0.29) is 24.3 Å². The van der Waals surface area contributed by atoms with Crippen LogP contribution in [0.3, 0.4) is 0 Å². The van der Waals surface area contributed by atoms with Crippen LogP contribution in [0.4, 0.5) is 13.2 Å². The molecule has 2 aliphatic heterocycles. The number of aromatic nitrogens is 1. The fourth-order valence-corrected chi connectivity index (χ4v) is 6.32. The molecule has 0 radical (unpaired) electrons. The van der Waals surface area contributed by atoms with Gasteiger partial charge in [-0.05, 0) is 31.7 Å². The normalized spacial score (nSPS) is 32.4. The molecule has 2 atom stereocenters. The first-order valence-electron chi connectivity index (χ1n) is 7.65. The highest BCUT2D eigenvalue weighted by molar-refractivity contribution is 7.92. The summed E-state index contributed by atoms with van der Waals surface area (Å²) >= 11 is 0. The number of aliphatic hydroxyl groups is 1. The maximum Gasteiger partial charge on any atom is 0.417 e. The van der Waals surface area contributed by atoms with Crippen LogP contribution in [0.15, 0.2) is 12.3 Å². The molecule has 1 N–H and O–H groups in total. The summed E-state index contributed by atoms with van der Waals surface area (Å²) in [5.74, 6) is -0.108. The number of alkyl halides is 3. The van der Waals surface area contributed by atoms with Crippen LogP contribution in [0, 0.1) is 0 Å². The molecule has 9 heteroatoms. The lowest BCUT2D eigenvalue weighted by Crippen LogP contribution is -2.50.